The summed E-state index contributed by atoms with van der Waals surface area (Å²) in [5.41, 5.74) is -0.0243. The van der Waals surface area contributed by atoms with Crippen LogP contribution in [0.5, 0.6) is 5.75 Å². The van der Waals surface area contributed by atoms with E-state index in [9.17, 15) is 4.79 Å². The van der Waals surface area contributed by atoms with Gasteiger partial charge in [0.15, 0.2) is 5.75 Å². The molecule has 0 bridgehead atoms. The molecule has 0 amide bonds. The molecule has 126 valence electrons. The molecule has 1 heterocycles. The monoisotopic (exact) mass is 331 g/mol. The van der Waals surface area contributed by atoms with Crippen molar-refractivity contribution < 1.29 is 19.4 Å². The van der Waals surface area contributed by atoms with Crippen LogP contribution in [0.1, 0.15) is 62.4 Å². The molecule has 6 heteroatoms. The van der Waals surface area contributed by atoms with E-state index in [1.807, 2.05) is 6.92 Å². The van der Waals surface area contributed by atoms with Gasteiger partial charge in [-0.1, -0.05) is 43.7 Å². The lowest BCUT2D eigenvalue weighted by atomic mass is 10.1. The van der Waals surface area contributed by atoms with Crippen LogP contribution in [-0.2, 0) is 4.74 Å². The highest BCUT2D eigenvalue weighted by Gasteiger charge is 2.15. The van der Waals surface area contributed by atoms with Gasteiger partial charge in [0.2, 0.25) is 0 Å². The zero-order valence-corrected chi connectivity index (χ0v) is 14.0. The van der Waals surface area contributed by atoms with Crippen molar-refractivity contribution in [1.82, 2.24) is 4.98 Å². The molecule has 0 saturated carbocycles. The number of nitrogens with one attached hydrogen (secondary N) is 1. The van der Waals surface area contributed by atoms with E-state index < -0.39 is 5.97 Å². The normalized spacial score (nSPS) is 10.8. The molecular formula is C16H26ClNO4. The van der Waals surface area contributed by atoms with Crippen LogP contribution in [0.3, 0.4) is 0 Å². The molecule has 0 aliphatic heterocycles. The van der Waals surface area contributed by atoms with Crippen LogP contribution in [0.4, 0.5) is 0 Å². The first-order valence-electron chi connectivity index (χ1n) is 7.97. The molecule has 0 aromatic carbocycles. The minimum Gasteiger partial charge on any atom is -0.490 e. The van der Waals surface area contributed by atoms with Gasteiger partial charge in [0, 0.05) is 19.4 Å². The summed E-state index contributed by atoms with van der Waals surface area (Å²) in [7, 11) is 0. The fraction of sp³-hybridized carbons (Fsp3) is 0.688. The maximum atomic E-state index is 10.8. The third-order valence-corrected chi connectivity index (χ3v) is 3.77. The summed E-state index contributed by atoms with van der Waals surface area (Å²) in [6, 6.07) is 0. The minimum atomic E-state index is -1.08. The maximum absolute atomic E-state index is 10.8. The molecule has 0 saturated heterocycles. The van der Waals surface area contributed by atoms with Gasteiger partial charge in [-0.25, -0.2) is 4.79 Å². The average Bonchev–Trinajstić information content (AvgIpc) is 2.86. The Kier molecular flexibility index (Phi) is 9.75. The molecule has 0 atom stereocenters. The number of aromatic carboxylic acids is 1. The number of aromatic amines is 1. The number of carbonyl (C=O) groups is 1. The number of halogens is 1. The third kappa shape index (κ3) is 7.18. The molecule has 0 aliphatic carbocycles. The maximum Gasteiger partial charge on any atom is 0.354 e. The Balaban J connectivity index is 1.99. The van der Waals surface area contributed by atoms with E-state index in [-0.39, 0.29) is 10.7 Å². The third-order valence-electron chi connectivity index (χ3n) is 3.39. The van der Waals surface area contributed by atoms with Crippen molar-refractivity contribution in [3.63, 3.8) is 0 Å². The van der Waals surface area contributed by atoms with Crippen molar-refractivity contribution in [2.45, 2.75) is 51.9 Å². The molecule has 0 aliphatic rings. The van der Waals surface area contributed by atoms with Crippen LogP contribution in [0.25, 0.3) is 0 Å². The first kappa shape index (κ1) is 18.8. The second-order valence-electron chi connectivity index (χ2n) is 5.17. The van der Waals surface area contributed by atoms with Crippen LogP contribution >= 0.6 is 11.6 Å². The van der Waals surface area contributed by atoms with Gasteiger partial charge < -0.3 is 19.6 Å². The second kappa shape index (κ2) is 11.4. The molecule has 2 N–H and O–H groups in total. The summed E-state index contributed by atoms with van der Waals surface area (Å²) in [6.07, 6.45) is 9.60. The summed E-state index contributed by atoms with van der Waals surface area (Å²) in [5, 5.41) is 9.00. The van der Waals surface area contributed by atoms with Crippen LogP contribution < -0.4 is 4.74 Å². The van der Waals surface area contributed by atoms with Crippen molar-refractivity contribution in [3.8, 4) is 5.75 Å². The number of unbranched alkanes of at least 4 members (excludes halogenated alkanes) is 6. The molecular weight excluding hydrogens is 306 g/mol. The van der Waals surface area contributed by atoms with Gasteiger partial charge in [0.25, 0.3) is 0 Å². The van der Waals surface area contributed by atoms with Crippen molar-refractivity contribution in [2.75, 3.05) is 19.8 Å². The number of rotatable bonds is 13. The molecule has 0 spiro atoms. The smallest absolute Gasteiger partial charge is 0.354 e. The van der Waals surface area contributed by atoms with E-state index in [4.69, 9.17) is 26.2 Å². The van der Waals surface area contributed by atoms with Crippen molar-refractivity contribution in [3.05, 3.63) is 16.9 Å². The Morgan fingerprint density at radius 3 is 2.27 bits per heavy atom. The second-order valence-corrected chi connectivity index (χ2v) is 5.55. The highest BCUT2D eigenvalue weighted by atomic mass is 35.5. The Morgan fingerprint density at radius 1 is 1.14 bits per heavy atom. The summed E-state index contributed by atoms with van der Waals surface area (Å²) in [5.74, 6) is -0.667. The van der Waals surface area contributed by atoms with Crippen LogP contribution in [-0.4, -0.2) is 35.9 Å². The van der Waals surface area contributed by atoms with Gasteiger partial charge in [-0.3, -0.25) is 0 Å². The Labute approximate surface area is 137 Å². The van der Waals surface area contributed by atoms with Gasteiger partial charge in [-0.15, -0.1) is 0 Å². The topological polar surface area (TPSA) is 71.5 Å². The Bertz CT molecular complexity index is 434. The molecule has 5 nitrogen and oxygen atoms in total. The molecule has 0 fully saturated rings. The molecule has 0 radical (unpaired) electrons. The fourth-order valence-corrected chi connectivity index (χ4v) is 2.41. The fourth-order valence-electron chi connectivity index (χ4n) is 2.16. The molecule has 22 heavy (non-hydrogen) atoms. The van der Waals surface area contributed by atoms with Crippen molar-refractivity contribution >= 4 is 17.6 Å². The largest absolute Gasteiger partial charge is 0.490 e. The van der Waals surface area contributed by atoms with E-state index in [0.29, 0.717) is 12.4 Å². The van der Waals surface area contributed by atoms with Crippen LogP contribution in [0.15, 0.2) is 6.20 Å². The van der Waals surface area contributed by atoms with E-state index in [0.717, 1.165) is 32.5 Å². The predicted octanol–water partition coefficient (Wildman–Crippen LogP) is 4.51. The van der Waals surface area contributed by atoms with E-state index in [2.05, 4.69) is 4.98 Å². The molecule has 1 rings (SSSR count). The number of H-pyrrole nitrogens is 1. The number of ether oxygens (including phenoxy) is 2. The number of aromatic nitrogens is 1. The standard InChI is InChI=1S/C16H26ClNO4/c1-2-21-10-8-6-4-3-5-7-9-11-22-13-12-18-15(14(13)17)16(19)20/h12,18H,2-11H2,1H3,(H,19,20). The van der Waals surface area contributed by atoms with Gasteiger partial charge in [-0.05, 0) is 19.8 Å². The predicted molar refractivity (Wildman–Crippen MR) is 87.1 cm³/mol. The lowest BCUT2D eigenvalue weighted by Crippen LogP contribution is -1.98. The molecule has 0 unspecified atom stereocenters. The lowest BCUT2D eigenvalue weighted by Gasteiger charge is -2.05. The van der Waals surface area contributed by atoms with Gasteiger partial charge in [0.1, 0.15) is 10.7 Å². The number of carboxylic acids is 1. The van der Waals surface area contributed by atoms with E-state index in [1.54, 1.807) is 0 Å². The minimum absolute atomic E-state index is 0.0243. The highest BCUT2D eigenvalue weighted by molar-refractivity contribution is 6.34. The summed E-state index contributed by atoms with van der Waals surface area (Å²) in [6.45, 7) is 4.26. The number of hydrogen-bond acceptors (Lipinski definition) is 3. The summed E-state index contributed by atoms with van der Waals surface area (Å²) in [4.78, 5) is 13.4. The zero-order valence-electron chi connectivity index (χ0n) is 13.2. The first-order chi connectivity index (χ1) is 10.7. The van der Waals surface area contributed by atoms with Gasteiger partial charge in [-0.2, -0.15) is 0 Å². The molecule has 1 aromatic heterocycles. The van der Waals surface area contributed by atoms with Crippen LogP contribution in [0, 0.1) is 0 Å². The lowest BCUT2D eigenvalue weighted by molar-refractivity contribution is 0.0691. The summed E-state index contributed by atoms with van der Waals surface area (Å²) >= 11 is 5.91. The number of carboxylic acid groups (broad SMARTS) is 1. The Morgan fingerprint density at radius 2 is 1.73 bits per heavy atom. The SMILES string of the molecule is CCOCCCCCCCCCOc1c[nH]c(C(=O)O)c1Cl. The Hall–Kier alpha value is -1.20. The van der Waals surface area contributed by atoms with Crippen molar-refractivity contribution in [2.24, 2.45) is 0 Å². The van der Waals surface area contributed by atoms with Gasteiger partial charge in [0.05, 0.1) is 6.61 Å². The number of hydrogen-bond donors (Lipinski definition) is 2. The van der Waals surface area contributed by atoms with E-state index in [1.165, 1.54) is 31.9 Å². The van der Waals surface area contributed by atoms with E-state index >= 15 is 0 Å². The van der Waals surface area contributed by atoms with Crippen LogP contribution in [0.2, 0.25) is 5.02 Å². The quantitative estimate of drug-likeness (QED) is 0.521. The molecule has 1 aromatic rings. The zero-order chi connectivity index (χ0) is 16.2. The van der Waals surface area contributed by atoms with Gasteiger partial charge >= 0.3 is 5.97 Å². The highest BCUT2D eigenvalue weighted by Crippen LogP contribution is 2.28. The summed E-state index contributed by atoms with van der Waals surface area (Å²) < 4.78 is 10.8. The average molecular weight is 332 g/mol. The first-order valence-corrected chi connectivity index (χ1v) is 8.35. The van der Waals surface area contributed by atoms with Crippen molar-refractivity contribution in [1.29, 1.82) is 0 Å².